The summed E-state index contributed by atoms with van der Waals surface area (Å²) in [5.41, 5.74) is 1.75. The zero-order valence-corrected chi connectivity index (χ0v) is 12.6. The lowest BCUT2D eigenvalue weighted by Gasteiger charge is -2.10. The Balaban J connectivity index is 2.42. The van der Waals surface area contributed by atoms with Gasteiger partial charge in [0.15, 0.2) is 0 Å². The lowest BCUT2D eigenvalue weighted by Crippen LogP contribution is -2.24. The van der Waals surface area contributed by atoms with Crippen LogP contribution in [0, 0.1) is 0 Å². The first kappa shape index (κ1) is 16.2. The maximum absolute atomic E-state index is 11.7. The van der Waals surface area contributed by atoms with E-state index in [0.29, 0.717) is 18.4 Å². The second-order valence-corrected chi connectivity index (χ2v) is 5.10. The highest BCUT2D eigenvalue weighted by atomic mass is 16.2. The molecule has 1 aromatic rings. The molecule has 4 heteroatoms. The number of carbonyl (C=O) groups is 2. The molecule has 0 aliphatic rings. The molecule has 1 N–H and O–H groups in total. The fourth-order valence-electron chi connectivity index (χ4n) is 1.82. The van der Waals surface area contributed by atoms with Crippen LogP contribution in [-0.4, -0.2) is 37.4 Å². The molecule has 20 heavy (non-hydrogen) atoms. The van der Waals surface area contributed by atoms with Gasteiger partial charge in [0.2, 0.25) is 5.91 Å². The number of amides is 2. The Morgan fingerprint density at radius 1 is 1.15 bits per heavy atom. The van der Waals surface area contributed by atoms with E-state index in [9.17, 15) is 9.59 Å². The number of unbranched alkanes of at least 4 members (excludes halogenated alkanes) is 1. The van der Waals surface area contributed by atoms with E-state index in [1.807, 2.05) is 24.3 Å². The summed E-state index contributed by atoms with van der Waals surface area (Å²) in [4.78, 5) is 24.9. The van der Waals surface area contributed by atoms with E-state index in [1.54, 1.807) is 19.0 Å². The van der Waals surface area contributed by atoms with Crippen molar-refractivity contribution in [3.63, 3.8) is 0 Å². The maximum atomic E-state index is 11.7. The largest absolute Gasteiger partial charge is 0.356 e. The molecule has 0 aliphatic heterocycles. The second kappa shape index (κ2) is 8.35. The molecule has 0 aromatic heterocycles. The van der Waals surface area contributed by atoms with Crippen LogP contribution < -0.4 is 5.32 Å². The van der Waals surface area contributed by atoms with Crippen molar-refractivity contribution in [2.75, 3.05) is 20.6 Å². The monoisotopic (exact) mass is 276 g/mol. The molecule has 2 amide bonds. The summed E-state index contributed by atoms with van der Waals surface area (Å²) in [6, 6.07) is 7.45. The Kier molecular flexibility index (Phi) is 6.77. The minimum Gasteiger partial charge on any atom is -0.356 e. The first-order chi connectivity index (χ1) is 9.54. The molecule has 0 heterocycles. The Bertz CT molecular complexity index is 438. The summed E-state index contributed by atoms with van der Waals surface area (Å²) >= 11 is 0. The predicted molar refractivity (Wildman–Crippen MR) is 80.7 cm³/mol. The number of aryl methyl sites for hydroxylation is 1. The molecule has 1 aromatic carbocycles. The summed E-state index contributed by atoms with van der Waals surface area (Å²) in [5, 5.41) is 2.90. The van der Waals surface area contributed by atoms with Crippen molar-refractivity contribution < 1.29 is 9.59 Å². The summed E-state index contributed by atoms with van der Waals surface area (Å²) in [6.07, 6.45) is 3.30. The summed E-state index contributed by atoms with van der Waals surface area (Å²) in [7, 11) is 3.47. The normalized spacial score (nSPS) is 10.2. The average molecular weight is 276 g/mol. The van der Waals surface area contributed by atoms with Crippen LogP contribution in [0.15, 0.2) is 24.3 Å². The molecule has 0 saturated heterocycles. The molecular formula is C16H24N2O2. The van der Waals surface area contributed by atoms with Crippen LogP contribution in [0.2, 0.25) is 0 Å². The van der Waals surface area contributed by atoms with E-state index in [4.69, 9.17) is 0 Å². The van der Waals surface area contributed by atoms with Gasteiger partial charge in [-0.3, -0.25) is 9.59 Å². The summed E-state index contributed by atoms with van der Waals surface area (Å²) in [6.45, 7) is 2.86. The zero-order chi connectivity index (χ0) is 15.0. The van der Waals surface area contributed by atoms with Crippen LogP contribution in [0.25, 0.3) is 0 Å². The van der Waals surface area contributed by atoms with E-state index in [2.05, 4.69) is 12.2 Å². The lowest BCUT2D eigenvalue weighted by molar-refractivity contribution is -0.121. The Morgan fingerprint density at radius 3 is 2.35 bits per heavy atom. The highest BCUT2D eigenvalue weighted by Crippen LogP contribution is 2.08. The highest BCUT2D eigenvalue weighted by Gasteiger charge is 2.07. The van der Waals surface area contributed by atoms with Gasteiger partial charge in [-0.2, -0.15) is 0 Å². The van der Waals surface area contributed by atoms with Gasteiger partial charge in [-0.1, -0.05) is 25.5 Å². The summed E-state index contributed by atoms with van der Waals surface area (Å²) < 4.78 is 0. The van der Waals surface area contributed by atoms with Gasteiger partial charge < -0.3 is 10.2 Å². The van der Waals surface area contributed by atoms with E-state index in [1.165, 1.54) is 0 Å². The standard InChI is InChI=1S/C16H24N2O2/c1-4-5-12-17-15(19)11-8-13-6-9-14(10-7-13)16(20)18(2)3/h6-7,9-10H,4-5,8,11-12H2,1-3H3,(H,17,19). The van der Waals surface area contributed by atoms with Gasteiger partial charge in [0, 0.05) is 32.6 Å². The van der Waals surface area contributed by atoms with Gasteiger partial charge in [-0.25, -0.2) is 0 Å². The van der Waals surface area contributed by atoms with Gasteiger partial charge in [0.1, 0.15) is 0 Å². The van der Waals surface area contributed by atoms with Gasteiger partial charge in [-0.05, 0) is 30.5 Å². The zero-order valence-electron chi connectivity index (χ0n) is 12.6. The number of hydrogen-bond acceptors (Lipinski definition) is 2. The maximum Gasteiger partial charge on any atom is 0.253 e. The van der Waals surface area contributed by atoms with Crippen LogP contribution in [0.3, 0.4) is 0 Å². The summed E-state index contributed by atoms with van der Waals surface area (Å²) in [5.74, 6) is 0.0840. The molecule has 0 spiro atoms. The van der Waals surface area contributed by atoms with Crippen LogP contribution in [-0.2, 0) is 11.2 Å². The number of carbonyl (C=O) groups excluding carboxylic acids is 2. The van der Waals surface area contributed by atoms with Crippen LogP contribution in [0.1, 0.15) is 42.1 Å². The number of benzene rings is 1. The van der Waals surface area contributed by atoms with Gasteiger partial charge in [0.25, 0.3) is 5.91 Å². The Labute approximate surface area is 121 Å². The minimum atomic E-state index is -0.00569. The molecule has 4 nitrogen and oxygen atoms in total. The van der Waals surface area contributed by atoms with Crippen molar-refractivity contribution in [1.29, 1.82) is 0 Å². The SMILES string of the molecule is CCCCNC(=O)CCc1ccc(C(=O)N(C)C)cc1. The number of hydrogen-bond donors (Lipinski definition) is 1. The molecule has 0 saturated carbocycles. The van der Waals surface area contributed by atoms with Crippen molar-refractivity contribution in [2.45, 2.75) is 32.6 Å². The molecule has 1 rings (SSSR count). The molecular weight excluding hydrogens is 252 g/mol. The Morgan fingerprint density at radius 2 is 1.80 bits per heavy atom. The topological polar surface area (TPSA) is 49.4 Å². The fraction of sp³-hybridized carbons (Fsp3) is 0.500. The Hall–Kier alpha value is -1.84. The van der Waals surface area contributed by atoms with E-state index < -0.39 is 0 Å². The molecule has 0 unspecified atom stereocenters. The third-order valence-electron chi connectivity index (χ3n) is 3.10. The van der Waals surface area contributed by atoms with Crippen molar-refractivity contribution in [2.24, 2.45) is 0 Å². The van der Waals surface area contributed by atoms with Crippen molar-refractivity contribution in [3.05, 3.63) is 35.4 Å². The third-order valence-corrected chi connectivity index (χ3v) is 3.10. The first-order valence-corrected chi connectivity index (χ1v) is 7.12. The first-order valence-electron chi connectivity index (χ1n) is 7.12. The van der Waals surface area contributed by atoms with Gasteiger partial charge >= 0.3 is 0 Å². The number of rotatable bonds is 7. The van der Waals surface area contributed by atoms with Crippen molar-refractivity contribution in [1.82, 2.24) is 10.2 Å². The van der Waals surface area contributed by atoms with Crippen LogP contribution in [0.5, 0.6) is 0 Å². The van der Waals surface area contributed by atoms with E-state index >= 15 is 0 Å². The van der Waals surface area contributed by atoms with E-state index in [0.717, 1.165) is 24.9 Å². The minimum absolute atomic E-state index is 0.00569. The molecule has 110 valence electrons. The fourth-order valence-corrected chi connectivity index (χ4v) is 1.82. The third kappa shape index (κ3) is 5.43. The van der Waals surface area contributed by atoms with Gasteiger partial charge in [0.05, 0.1) is 0 Å². The smallest absolute Gasteiger partial charge is 0.253 e. The second-order valence-electron chi connectivity index (χ2n) is 5.10. The predicted octanol–water partition coefficient (Wildman–Crippen LogP) is 2.24. The quantitative estimate of drug-likeness (QED) is 0.776. The number of nitrogens with zero attached hydrogens (tertiary/aromatic N) is 1. The van der Waals surface area contributed by atoms with Crippen LogP contribution >= 0.6 is 0 Å². The molecule has 0 bridgehead atoms. The van der Waals surface area contributed by atoms with Crippen molar-refractivity contribution >= 4 is 11.8 Å². The van der Waals surface area contributed by atoms with Gasteiger partial charge in [-0.15, -0.1) is 0 Å². The highest BCUT2D eigenvalue weighted by molar-refractivity contribution is 5.93. The molecule has 0 fully saturated rings. The van der Waals surface area contributed by atoms with E-state index in [-0.39, 0.29) is 11.8 Å². The number of nitrogens with one attached hydrogen (secondary N) is 1. The lowest BCUT2D eigenvalue weighted by atomic mass is 10.1. The average Bonchev–Trinajstić information content (AvgIpc) is 2.45. The van der Waals surface area contributed by atoms with Crippen LogP contribution in [0.4, 0.5) is 0 Å². The van der Waals surface area contributed by atoms with Crippen molar-refractivity contribution in [3.8, 4) is 0 Å². The molecule has 0 atom stereocenters. The molecule has 0 radical (unpaired) electrons. The molecule has 0 aliphatic carbocycles.